The Bertz CT molecular complexity index is 377. The molecule has 1 heterocycles. The highest BCUT2D eigenvalue weighted by Gasteiger charge is 2.15. The van der Waals surface area contributed by atoms with Crippen LogP contribution in [-0.4, -0.2) is 17.0 Å². The molecule has 5 nitrogen and oxygen atoms in total. The van der Waals surface area contributed by atoms with Crippen LogP contribution in [0.1, 0.15) is 25.2 Å². The molecule has 0 fully saturated rings. The number of carbonyl (C=O) groups is 2. The maximum Gasteiger partial charge on any atom is 0.331 e. The summed E-state index contributed by atoms with van der Waals surface area (Å²) in [6, 6.07) is 3.39. The van der Waals surface area contributed by atoms with E-state index in [9.17, 15) is 9.59 Å². The van der Waals surface area contributed by atoms with E-state index in [1.54, 1.807) is 12.1 Å². The van der Waals surface area contributed by atoms with Gasteiger partial charge in [0.15, 0.2) is 6.10 Å². The first-order valence-corrected chi connectivity index (χ1v) is 4.78. The summed E-state index contributed by atoms with van der Waals surface area (Å²) in [5, 5.41) is 8.32. The molecule has 1 aromatic heterocycles. The summed E-state index contributed by atoms with van der Waals surface area (Å²) < 4.78 is 10.1. The van der Waals surface area contributed by atoms with E-state index >= 15 is 0 Å². The number of hydrogen-bond acceptors (Lipinski definition) is 4. The molecule has 1 unspecified atom stereocenters. The fraction of sp³-hybridized carbons (Fsp3) is 0.273. The number of furan rings is 1. The Morgan fingerprint density at radius 1 is 1.56 bits per heavy atom. The lowest BCUT2D eigenvalue weighted by Gasteiger charge is -2.11. The number of carbonyl (C=O) groups excluding carboxylic acids is 1. The zero-order valence-corrected chi connectivity index (χ0v) is 8.75. The van der Waals surface area contributed by atoms with Gasteiger partial charge in [-0.15, -0.1) is 0 Å². The summed E-state index contributed by atoms with van der Waals surface area (Å²) in [5.41, 5.74) is 0. The lowest BCUT2D eigenvalue weighted by atomic mass is 10.2. The predicted molar refractivity (Wildman–Crippen MR) is 54.6 cm³/mol. The minimum absolute atomic E-state index is 0.485. The largest absolute Gasteiger partial charge is 0.478 e. The van der Waals surface area contributed by atoms with Gasteiger partial charge in [-0.05, 0) is 18.6 Å². The van der Waals surface area contributed by atoms with Crippen LogP contribution in [0.3, 0.4) is 0 Å². The van der Waals surface area contributed by atoms with Gasteiger partial charge in [-0.25, -0.2) is 9.59 Å². The van der Waals surface area contributed by atoms with Crippen LogP contribution >= 0.6 is 0 Å². The van der Waals surface area contributed by atoms with E-state index in [1.807, 2.05) is 6.92 Å². The van der Waals surface area contributed by atoms with Crippen molar-refractivity contribution in [2.24, 2.45) is 0 Å². The van der Waals surface area contributed by atoms with E-state index in [-0.39, 0.29) is 0 Å². The summed E-state index contributed by atoms with van der Waals surface area (Å²) in [6.45, 7) is 1.83. The molecule has 0 spiro atoms. The molecule has 1 N–H and O–H groups in total. The van der Waals surface area contributed by atoms with E-state index in [0.29, 0.717) is 12.2 Å². The zero-order chi connectivity index (χ0) is 12.0. The van der Waals surface area contributed by atoms with Gasteiger partial charge in [0.2, 0.25) is 0 Å². The predicted octanol–water partition coefficient (Wildman–Crippen LogP) is 1.91. The lowest BCUT2D eigenvalue weighted by molar-refractivity contribution is -0.145. The van der Waals surface area contributed by atoms with Gasteiger partial charge in [-0.1, -0.05) is 6.92 Å². The van der Waals surface area contributed by atoms with Crippen molar-refractivity contribution in [2.75, 3.05) is 0 Å². The van der Waals surface area contributed by atoms with Crippen molar-refractivity contribution < 1.29 is 23.8 Å². The van der Waals surface area contributed by atoms with E-state index in [1.165, 1.54) is 6.26 Å². The number of ether oxygens (including phenoxy) is 1. The first-order valence-electron chi connectivity index (χ1n) is 4.78. The monoisotopic (exact) mass is 224 g/mol. The molecule has 0 aromatic carbocycles. The van der Waals surface area contributed by atoms with Crippen molar-refractivity contribution in [1.82, 2.24) is 0 Å². The second-order valence-corrected chi connectivity index (χ2v) is 3.02. The fourth-order valence-electron chi connectivity index (χ4n) is 1.14. The molecule has 86 valence electrons. The second kappa shape index (κ2) is 5.75. The molecule has 1 atom stereocenters. The van der Waals surface area contributed by atoms with Crippen LogP contribution in [-0.2, 0) is 14.3 Å². The Morgan fingerprint density at radius 3 is 2.81 bits per heavy atom. The lowest BCUT2D eigenvalue weighted by Crippen LogP contribution is -2.08. The van der Waals surface area contributed by atoms with Crippen molar-refractivity contribution >= 4 is 11.9 Å². The molecule has 0 aliphatic carbocycles. The van der Waals surface area contributed by atoms with Crippen molar-refractivity contribution in [3.8, 4) is 0 Å². The van der Waals surface area contributed by atoms with Gasteiger partial charge >= 0.3 is 11.9 Å². The highest BCUT2D eigenvalue weighted by Crippen LogP contribution is 2.21. The van der Waals surface area contributed by atoms with Gasteiger partial charge in [0, 0.05) is 12.2 Å². The van der Waals surface area contributed by atoms with Gasteiger partial charge in [-0.3, -0.25) is 0 Å². The molecule has 0 bridgehead atoms. The van der Waals surface area contributed by atoms with Crippen LogP contribution in [0.5, 0.6) is 0 Å². The standard InChI is InChI=1S/C11H12O5/c1-2-8(9-4-3-7-15-9)16-11(14)6-5-10(12)13/h3-8H,2H2,1H3,(H,12,13)/b6-5+. The van der Waals surface area contributed by atoms with Crippen molar-refractivity contribution in [2.45, 2.75) is 19.4 Å². The minimum atomic E-state index is -1.19. The Labute approximate surface area is 92.3 Å². The van der Waals surface area contributed by atoms with Crippen LogP contribution in [0.2, 0.25) is 0 Å². The second-order valence-electron chi connectivity index (χ2n) is 3.02. The Kier molecular flexibility index (Phi) is 4.32. The van der Waals surface area contributed by atoms with Gasteiger partial charge in [0.05, 0.1) is 6.26 Å². The molecule has 16 heavy (non-hydrogen) atoms. The van der Waals surface area contributed by atoms with Crippen molar-refractivity contribution in [3.63, 3.8) is 0 Å². The van der Waals surface area contributed by atoms with Crippen LogP contribution in [0.15, 0.2) is 35.0 Å². The quantitative estimate of drug-likeness (QED) is 0.610. The molecular formula is C11H12O5. The molecule has 0 radical (unpaired) electrons. The number of rotatable bonds is 5. The average Bonchev–Trinajstić information content (AvgIpc) is 2.76. The maximum atomic E-state index is 11.2. The third-order valence-electron chi connectivity index (χ3n) is 1.85. The molecule has 0 saturated heterocycles. The van der Waals surface area contributed by atoms with Gasteiger partial charge < -0.3 is 14.3 Å². The molecule has 5 heteroatoms. The SMILES string of the molecule is CCC(OC(=O)/C=C/C(=O)O)c1ccco1. The van der Waals surface area contributed by atoms with E-state index < -0.39 is 18.0 Å². The van der Waals surface area contributed by atoms with Crippen molar-refractivity contribution in [1.29, 1.82) is 0 Å². The van der Waals surface area contributed by atoms with Gasteiger partial charge in [-0.2, -0.15) is 0 Å². The van der Waals surface area contributed by atoms with Crippen LogP contribution in [0.4, 0.5) is 0 Å². The average molecular weight is 224 g/mol. The minimum Gasteiger partial charge on any atom is -0.478 e. The first kappa shape index (κ1) is 12.0. The normalized spacial score (nSPS) is 12.6. The van der Waals surface area contributed by atoms with Crippen LogP contribution in [0.25, 0.3) is 0 Å². The van der Waals surface area contributed by atoms with E-state index in [0.717, 1.165) is 12.2 Å². The molecule has 1 rings (SSSR count). The smallest absolute Gasteiger partial charge is 0.331 e. The Hall–Kier alpha value is -2.04. The summed E-state index contributed by atoms with van der Waals surface area (Å²) >= 11 is 0. The number of hydrogen-bond donors (Lipinski definition) is 1. The van der Waals surface area contributed by atoms with Crippen LogP contribution in [0, 0.1) is 0 Å². The zero-order valence-electron chi connectivity index (χ0n) is 8.75. The summed E-state index contributed by atoms with van der Waals surface area (Å²) in [6.07, 6.45) is 3.16. The van der Waals surface area contributed by atoms with E-state index in [2.05, 4.69) is 0 Å². The summed E-state index contributed by atoms with van der Waals surface area (Å²) in [5.74, 6) is -1.35. The first-order chi connectivity index (χ1) is 7.63. The summed E-state index contributed by atoms with van der Waals surface area (Å²) in [4.78, 5) is 21.4. The third-order valence-corrected chi connectivity index (χ3v) is 1.85. The highest BCUT2D eigenvalue weighted by molar-refractivity contribution is 5.90. The molecule has 1 aromatic rings. The number of aliphatic carboxylic acids is 1. The van der Waals surface area contributed by atoms with Crippen molar-refractivity contribution in [3.05, 3.63) is 36.3 Å². The molecule has 0 aliphatic heterocycles. The highest BCUT2D eigenvalue weighted by atomic mass is 16.6. The molecule has 0 amide bonds. The molecular weight excluding hydrogens is 212 g/mol. The molecule has 0 aliphatic rings. The van der Waals surface area contributed by atoms with Gasteiger partial charge in [0.1, 0.15) is 5.76 Å². The number of carboxylic acids is 1. The van der Waals surface area contributed by atoms with E-state index in [4.69, 9.17) is 14.3 Å². The summed E-state index contributed by atoms with van der Waals surface area (Å²) in [7, 11) is 0. The third kappa shape index (κ3) is 3.61. The van der Waals surface area contributed by atoms with Crippen LogP contribution < -0.4 is 0 Å². The fourth-order valence-corrected chi connectivity index (χ4v) is 1.14. The Balaban J connectivity index is 2.58. The topological polar surface area (TPSA) is 76.7 Å². The van der Waals surface area contributed by atoms with Gasteiger partial charge in [0.25, 0.3) is 0 Å². The number of carboxylic acid groups (broad SMARTS) is 1. The Morgan fingerprint density at radius 2 is 2.31 bits per heavy atom. The maximum absolute atomic E-state index is 11.2. The molecule has 0 saturated carbocycles. The number of esters is 1.